The lowest BCUT2D eigenvalue weighted by Crippen LogP contribution is -2.18. The van der Waals surface area contributed by atoms with E-state index in [0.717, 1.165) is 17.1 Å². The lowest BCUT2D eigenvalue weighted by Gasteiger charge is -2.16. The zero-order valence-corrected chi connectivity index (χ0v) is 12.9. The summed E-state index contributed by atoms with van der Waals surface area (Å²) in [5, 5.41) is 4.68. The molecule has 0 amide bonds. The maximum Gasteiger partial charge on any atom is 0.117 e. The molecule has 5 heteroatoms. The van der Waals surface area contributed by atoms with Crippen LogP contribution in [0.3, 0.4) is 0 Å². The average molecular weight is 319 g/mol. The van der Waals surface area contributed by atoms with Gasteiger partial charge in [-0.3, -0.25) is 0 Å². The first kappa shape index (κ1) is 14.7. The van der Waals surface area contributed by atoms with Crippen molar-refractivity contribution in [1.29, 1.82) is 0 Å². The summed E-state index contributed by atoms with van der Waals surface area (Å²) in [7, 11) is 0. The fraction of sp³-hybridized carbons (Fsp3) is 0.286. The first-order valence-corrected chi connectivity index (χ1v) is 7.04. The molecule has 102 valence electrons. The smallest absolute Gasteiger partial charge is 0.117 e. The SMILES string of the molecule is Cc1ccc(CNC(C)c2ccc(Cl)c(Cl)c2Cl)o1. The Bertz CT molecular complexity index is 580. The van der Waals surface area contributed by atoms with Crippen molar-refractivity contribution >= 4 is 34.8 Å². The van der Waals surface area contributed by atoms with Crippen molar-refractivity contribution in [2.75, 3.05) is 0 Å². The first-order valence-electron chi connectivity index (χ1n) is 5.91. The fourth-order valence-corrected chi connectivity index (χ4v) is 2.53. The van der Waals surface area contributed by atoms with E-state index in [1.54, 1.807) is 6.07 Å². The monoisotopic (exact) mass is 317 g/mol. The zero-order chi connectivity index (χ0) is 14.0. The summed E-state index contributed by atoms with van der Waals surface area (Å²) in [5.74, 6) is 1.79. The molecule has 0 aliphatic rings. The highest BCUT2D eigenvalue weighted by Gasteiger charge is 2.14. The molecule has 0 spiro atoms. The molecule has 0 aliphatic heterocycles. The Labute approximate surface area is 127 Å². The molecule has 2 nitrogen and oxygen atoms in total. The third kappa shape index (κ3) is 3.46. The zero-order valence-electron chi connectivity index (χ0n) is 10.6. The van der Waals surface area contributed by atoms with Crippen LogP contribution in [-0.4, -0.2) is 0 Å². The van der Waals surface area contributed by atoms with E-state index in [4.69, 9.17) is 39.2 Å². The molecule has 1 N–H and O–H groups in total. The minimum Gasteiger partial charge on any atom is -0.465 e. The molecule has 19 heavy (non-hydrogen) atoms. The summed E-state index contributed by atoms with van der Waals surface area (Å²) in [6, 6.07) is 7.56. The van der Waals surface area contributed by atoms with E-state index >= 15 is 0 Å². The number of halogens is 3. The Hall–Kier alpha value is -0.670. The average Bonchev–Trinajstić information content (AvgIpc) is 2.79. The Balaban J connectivity index is 2.08. The third-order valence-corrected chi connectivity index (χ3v) is 4.22. The predicted octanol–water partition coefficient (Wildman–Crippen LogP) is 5.40. The quantitative estimate of drug-likeness (QED) is 0.764. The van der Waals surface area contributed by atoms with E-state index in [0.29, 0.717) is 21.6 Å². The molecule has 0 bridgehead atoms. The van der Waals surface area contributed by atoms with Crippen molar-refractivity contribution < 1.29 is 4.42 Å². The van der Waals surface area contributed by atoms with E-state index in [2.05, 4.69) is 5.32 Å². The van der Waals surface area contributed by atoms with Gasteiger partial charge in [0, 0.05) is 6.04 Å². The summed E-state index contributed by atoms with van der Waals surface area (Å²) in [6.07, 6.45) is 0. The second-order valence-electron chi connectivity index (χ2n) is 4.38. The Morgan fingerprint density at radius 3 is 2.47 bits per heavy atom. The number of nitrogens with one attached hydrogen (secondary N) is 1. The van der Waals surface area contributed by atoms with Crippen molar-refractivity contribution in [2.24, 2.45) is 0 Å². The lowest BCUT2D eigenvalue weighted by atomic mass is 10.1. The molecule has 0 saturated carbocycles. The molecule has 0 saturated heterocycles. The summed E-state index contributed by atoms with van der Waals surface area (Å²) in [6.45, 7) is 4.57. The van der Waals surface area contributed by atoms with Gasteiger partial charge in [0.1, 0.15) is 11.5 Å². The number of rotatable bonds is 4. The Kier molecular flexibility index (Phi) is 4.80. The number of hydrogen-bond acceptors (Lipinski definition) is 2. The van der Waals surface area contributed by atoms with Crippen LogP contribution in [0.25, 0.3) is 0 Å². The van der Waals surface area contributed by atoms with Crippen LogP contribution in [0.4, 0.5) is 0 Å². The van der Waals surface area contributed by atoms with Gasteiger partial charge in [-0.05, 0) is 37.6 Å². The highest BCUT2D eigenvalue weighted by atomic mass is 35.5. The van der Waals surface area contributed by atoms with Gasteiger partial charge < -0.3 is 9.73 Å². The maximum atomic E-state index is 6.20. The van der Waals surface area contributed by atoms with Crippen molar-refractivity contribution in [3.63, 3.8) is 0 Å². The van der Waals surface area contributed by atoms with Crippen LogP contribution in [0.1, 0.15) is 30.0 Å². The molecule has 1 aromatic heterocycles. The van der Waals surface area contributed by atoms with Gasteiger partial charge in [-0.15, -0.1) is 0 Å². The normalized spacial score (nSPS) is 12.7. The molecule has 2 aromatic rings. The number of benzene rings is 1. The van der Waals surface area contributed by atoms with E-state index in [1.807, 2.05) is 32.0 Å². The highest BCUT2D eigenvalue weighted by Crippen LogP contribution is 2.35. The van der Waals surface area contributed by atoms with E-state index < -0.39 is 0 Å². The van der Waals surface area contributed by atoms with Gasteiger partial charge in [0.15, 0.2) is 0 Å². The van der Waals surface area contributed by atoms with E-state index in [9.17, 15) is 0 Å². The number of hydrogen-bond donors (Lipinski definition) is 1. The van der Waals surface area contributed by atoms with E-state index in [-0.39, 0.29) is 6.04 Å². The van der Waals surface area contributed by atoms with Crippen LogP contribution in [0.2, 0.25) is 15.1 Å². The second kappa shape index (κ2) is 6.19. The standard InChI is InChI=1S/C14H14Cl3NO/c1-8-3-4-10(19-8)7-18-9(2)11-5-6-12(15)14(17)13(11)16/h3-6,9,18H,7H2,1-2H3. The summed E-state index contributed by atoms with van der Waals surface area (Å²) >= 11 is 18.2. The van der Waals surface area contributed by atoms with Crippen molar-refractivity contribution in [3.05, 3.63) is 56.4 Å². The van der Waals surface area contributed by atoms with Crippen molar-refractivity contribution in [1.82, 2.24) is 5.32 Å². The Morgan fingerprint density at radius 2 is 1.84 bits per heavy atom. The third-order valence-electron chi connectivity index (χ3n) is 2.91. The maximum absolute atomic E-state index is 6.20. The lowest BCUT2D eigenvalue weighted by molar-refractivity contribution is 0.444. The predicted molar refractivity (Wildman–Crippen MR) is 80.2 cm³/mol. The molecule has 1 atom stereocenters. The topological polar surface area (TPSA) is 25.2 Å². The van der Waals surface area contributed by atoms with Crippen LogP contribution < -0.4 is 5.32 Å². The number of aryl methyl sites for hydroxylation is 1. The fourth-order valence-electron chi connectivity index (χ4n) is 1.82. The van der Waals surface area contributed by atoms with Gasteiger partial charge in [0.25, 0.3) is 0 Å². The molecule has 1 aromatic carbocycles. The van der Waals surface area contributed by atoms with Crippen LogP contribution in [0.15, 0.2) is 28.7 Å². The summed E-state index contributed by atoms with van der Waals surface area (Å²) < 4.78 is 5.50. The molecule has 2 rings (SSSR count). The summed E-state index contributed by atoms with van der Waals surface area (Å²) in [4.78, 5) is 0. The van der Waals surface area contributed by atoms with Crippen molar-refractivity contribution in [3.8, 4) is 0 Å². The van der Waals surface area contributed by atoms with Crippen LogP contribution in [0.5, 0.6) is 0 Å². The van der Waals surface area contributed by atoms with Gasteiger partial charge in [0.05, 0.1) is 21.6 Å². The molecule has 0 radical (unpaired) electrons. The minimum atomic E-state index is 0.0488. The summed E-state index contributed by atoms with van der Waals surface area (Å²) in [5.41, 5.74) is 0.916. The van der Waals surface area contributed by atoms with Crippen molar-refractivity contribution in [2.45, 2.75) is 26.4 Å². The van der Waals surface area contributed by atoms with Gasteiger partial charge in [-0.25, -0.2) is 0 Å². The van der Waals surface area contributed by atoms with Gasteiger partial charge >= 0.3 is 0 Å². The van der Waals surface area contributed by atoms with E-state index in [1.165, 1.54) is 0 Å². The molecule has 1 heterocycles. The second-order valence-corrected chi connectivity index (χ2v) is 5.54. The van der Waals surface area contributed by atoms with Gasteiger partial charge in [-0.1, -0.05) is 40.9 Å². The first-order chi connectivity index (χ1) is 8.99. The highest BCUT2D eigenvalue weighted by molar-refractivity contribution is 6.48. The molecular weight excluding hydrogens is 305 g/mol. The van der Waals surface area contributed by atoms with Crippen LogP contribution in [-0.2, 0) is 6.54 Å². The van der Waals surface area contributed by atoms with Gasteiger partial charge in [0.2, 0.25) is 0 Å². The number of furan rings is 1. The molecule has 1 unspecified atom stereocenters. The molecular formula is C14H14Cl3NO. The molecule has 0 fully saturated rings. The largest absolute Gasteiger partial charge is 0.465 e. The van der Waals surface area contributed by atoms with Crippen LogP contribution >= 0.6 is 34.8 Å². The Morgan fingerprint density at radius 1 is 1.11 bits per heavy atom. The van der Waals surface area contributed by atoms with Gasteiger partial charge in [-0.2, -0.15) is 0 Å². The minimum absolute atomic E-state index is 0.0488. The molecule has 0 aliphatic carbocycles. The van der Waals surface area contributed by atoms with Crippen LogP contribution in [0, 0.1) is 6.92 Å².